The van der Waals surface area contributed by atoms with Gasteiger partial charge in [0.25, 0.3) is 23.4 Å². The summed E-state index contributed by atoms with van der Waals surface area (Å²) in [6, 6.07) is 0.385. The van der Waals surface area contributed by atoms with E-state index < -0.39 is 35.3 Å². The monoisotopic (exact) mass is 459 g/mol. The van der Waals surface area contributed by atoms with E-state index in [1.807, 2.05) is 13.8 Å². The minimum absolute atomic E-state index is 0.0000124. The van der Waals surface area contributed by atoms with Crippen LogP contribution >= 0.6 is 11.6 Å². The molecule has 3 N–H and O–H groups in total. The fourth-order valence-corrected chi connectivity index (χ4v) is 3.15. The third-order valence-electron chi connectivity index (χ3n) is 4.78. The van der Waals surface area contributed by atoms with Crippen LogP contribution in [0.4, 0.5) is 4.39 Å². The normalized spacial score (nSPS) is 17.7. The van der Waals surface area contributed by atoms with Gasteiger partial charge in [-0.15, -0.1) is 0 Å². The number of aromatic nitrogens is 1. The summed E-state index contributed by atoms with van der Waals surface area (Å²) in [5.41, 5.74) is -0.0834. The van der Waals surface area contributed by atoms with E-state index in [0.29, 0.717) is 30.2 Å². The molecule has 12 heteroatoms. The van der Waals surface area contributed by atoms with E-state index in [2.05, 4.69) is 21.2 Å². The predicted octanol–water partition coefficient (Wildman–Crippen LogP) is 1.05. The largest absolute Gasteiger partial charge is 0.361 e. The number of carbonyl (C=O) groups is 4. The molecule has 172 valence electrons. The maximum atomic E-state index is 13.5. The Kier molecular flexibility index (Phi) is 8.78. The molecule has 1 aromatic rings. The highest BCUT2D eigenvalue weighted by atomic mass is 35.5. The van der Waals surface area contributed by atoms with Crippen molar-refractivity contribution in [3.05, 3.63) is 17.5 Å². The molecule has 0 saturated carbocycles. The highest BCUT2D eigenvalue weighted by molar-refractivity contribution is 6.29. The van der Waals surface area contributed by atoms with Gasteiger partial charge in [-0.2, -0.15) is 0 Å². The van der Waals surface area contributed by atoms with Crippen LogP contribution in [0.25, 0.3) is 0 Å². The van der Waals surface area contributed by atoms with Gasteiger partial charge in [0.1, 0.15) is 11.8 Å². The number of nitrogens with one attached hydrogen (secondary N) is 3. The lowest BCUT2D eigenvalue weighted by molar-refractivity contribution is -0.145. The van der Waals surface area contributed by atoms with Crippen LogP contribution in [0.1, 0.15) is 49.4 Å². The second-order valence-corrected chi connectivity index (χ2v) is 8.21. The Morgan fingerprint density at radius 2 is 2.10 bits per heavy atom. The van der Waals surface area contributed by atoms with Crippen LogP contribution in [0.5, 0.6) is 0 Å². The Morgan fingerprint density at radius 1 is 1.39 bits per heavy atom. The number of carbonyl (C=O) groups excluding carboxylic acids is 4. The van der Waals surface area contributed by atoms with Crippen LogP contribution in [0.2, 0.25) is 0 Å². The van der Waals surface area contributed by atoms with Crippen LogP contribution in [0.3, 0.4) is 0 Å². The molecule has 0 spiro atoms. The molecule has 0 radical (unpaired) electrons. The lowest BCUT2D eigenvalue weighted by Crippen LogP contribution is -2.56. The number of amides is 4. The molecule has 2 heterocycles. The molecule has 0 aromatic carbocycles. The second-order valence-electron chi connectivity index (χ2n) is 7.82. The summed E-state index contributed by atoms with van der Waals surface area (Å²) in [6.07, 6.45) is 1.28. The Hall–Kier alpha value is -2.69. The quantitative estimate of drug-likeness (QED) is 0.373. The van der Waals surface area contributed by atoms with Gasteiger partial charge in [0.05, 0.1) is 12.5 Å². The molecular formula is C19H27ClFN5O5. The molecule has 1 aliphatic rings. The SMILES string of the molecule is Cc1cc(C(=O)NC(CCC(C)C)C(=O)NN(C[C@@H]2CCNC2=O)C(=O)C(F)Cl)no1. The zero-order chi connectivity index (χ0) is 23.1. The standard InChI is InChI=1S/C19H27ClFN5O5/c1-10(2)4-5-13(23-17(28)14-8-11(3)31-25-14)18(29)24-26(19(30)15(20)21)9-12-6-7-22-16(12)27/h8,10,12-13,15H,4-7,9H2,1-3H3,(H,22,27)(H,23,28)(H,24,29)/t12-,13?,15?/m0/s1. The number of aryl methyl sites for hydroxylation is 1. The fraction of sp³-hybridized carbons (Fsp3) is 0.632. The topological polar surface area (TPSA) is 134 Å². The van der Waals surface area contributed by atoms with Crippen molar-refractivity contribution >= 4 is 35.2 Å². The van der Waals surface area contributed by atoms with Gasteiger partial charge in [-0.25, -0.2) is 9.40 Å². The van der Waals surface area contributed by atoms with Crippen molar-refractivity contribution in [2.24, 2.45) is 11.8 Å². The second kappa shape index (κ2) is 11.1. The third-order valence-corrected chi connectivity index (χ3v) is 4.97. The maximum Gasteiger partial charge on any atom is 0.291 e. The zero-order valence-corrected chi connectivity index (χ0v) is 18.4. The van der Waals surface area contributed by atoms with Gasteiger partial charge in [0.2, 0.25) is 5.91 Å². The van der Waals surface area contributed by atoms with E-state index in [1.165, 1.54) is 6.07 Å². The van der Waals surface area contributed by atoms with Crippen LogP contribution in [0.15, 0.2) is 10.6 Å². The Morgan fingerprint density at radius 3 is 2.61 bits per heavy atom. The van der Waals surface area contributed by atoms with E-state index >= 15 is 0 Å². The molecule has 0 aliphatic carbocycles. The number of hydrogen-bond donors (Lipinski definition) is 3. The van der Waals surface area contributed by atoms with E-state index in [1.54, 1.807) is 6.92 Å². The molecule has 3 atom stereocenters. The van der Waals surface area contributed by atoms with Crippen LogP contribution in [-0.2, 0) is 14.4 Å². The van der Waals surface area contributed by atoms with Gasteiger partial charge in [0, 0.05) is 12.6 Å². The molecule has 1 saturated heterocycles. The number of nitrogens with zero attached hydrogens (tertiary/aromatic N) is 2. The van der Waals surface area contributed by atoms with Crippen molar-refractivity contribution in [3.63, 3.8) is 0 Å². The lowest BCUT2D eigenvalue weighted by atomic mass is 10.0. The van der Waals surface area contributed by atoms with Gasteiger partial charge in [-0.05, 0) is 32.1 Å². The minimum Gasteiger partial charge on any atom is -0.361 e. The van der Waals surface area contributed by atoms with Gasteiger partial charge < -0.3 is 15.2 Å². The van der Waals surface area contributed by atoms with E-state index in [4.69, 9.17) is 16.1 Å². The molecule has 2 rings (SSSR count). The molecule has 1 aromatic heterocycles. The summed E-state index contributed by atoms with van der Waals surface area (Å²) >= 11 is 5.28. The van der Waals surface area contributed by atoms with Crippen molar-refractivity contribution in [1.82, 2.24) is 26.2 Å². The number of hydrogen-bond acceptors (Lipinski definition) is 6. The van der Waals surface area contributed by atoms with Crippen molar-refractivity contribution in [1.29, 1.82) is 0 Å². The van der Waals surface area contributed by atoms with Gasteiger partial charge in [-0.1, -0.05) is 30.6 Å². The van der Waals surface area contributed by atoms with Gasteiger partial charge in [-0.3, -0.25) is 24.6 Å². The molecular weight excluding hydrogens is 433 g/mol. The first-order valence-electron chi connectivity index (χ1n) is 10.00. The number of rotatable bonds is 9. The molecule has 1 fully saturated rings. The minimum atomic E-state index is -2.40. The number of hydrazine groups is 1. The molecule has 0 bridgehead atoms. The first-order chi connectivity index (χ1) is 14.6. The van der Waals surface area contributed by atoms with E-state index in [0.717, 1.165) is 0 Å². The van der Waals surface area contributed by atoms with Crippen LogP contribution in [0, 0.1) is 18.8 Å². The fourth-order valence-electron chi connectivity index (χ4n) is 3.03. The van der Waals surface area contributed by atoms with E-state index in [9.17, 15) is 23.6 Å². The van der Waals surface area contributed by atoms with Crippen molar-refractivity contribution in [2.75, 3.05) is 13.1 Å². The van der Waals surface area contributed by atoms with E-state index in [-0.39, 0.29) is 30.5 Å². The summed E-state index contributed by atoms with van der Waals surface area (Å²) in [7, 11) is 0. The van der Waals surface area contributed by atoms with Crippen molar-refractivity contribution < 1.29 is 28.1 Å². The van der Waals surface area contributed by atoms with Crippen LogP contribution in [-0.4, -0.2) is 58.6 Å². The Balaban J connectivity index is 2.13. The predicted molar refractivity (Wildman–Crippen MR) is 108 cm³/mol. The van der Waals surface area contributed by atoms with Gasteiger partial charge in [0.15, 0.2) is 5.69 Å². The molecule has 2 unspecified atom stereocenters. The first kappa shape index (κ1) is 24.6. The summed E-state index contributed by atoms with van der Waals surface area (Å²) in [4.78, 5) is 49.3. The third kappa shape index (κ3) is 7.20. The molecule has 4 amide bonds. The summed E-state index contributed by atoms with van der Waals surface area (Å²) in [5.74, 6) is -2.82. The molecule has 1 aliphatic heterocycles. The Labute approximate surface area is 184 Å². The maximum absolute atomic E-state index is 13.5. The van der Waals surface area contributed by atoms with Crippen molar-refractivity contribution in [3.8, 4) is 0 Å². The number of halogens is 2. The zero-order valence-electron chi connectivity index (χ0n) is 17.6. The lowest BCUT2D eigenvalue weighted by Gasteiger charge is -2.28. The molecule has 31 heavy (non-hydrogen) atoms. The highest BCUT2D eigenvalue weighted by Gasteiger charge is 2.33. The number of alkyl halides is 2. The summed E-state index contributed by atoms with van der Waals surface area (Å²) in [6.45, 7) is 5.70. The van der Waals surface area contributed by atoms with Crippen molar-refractivity contribution in [2.45, 2.75) is 51.7 Å². The highest BCUT2D eigenvalue weighted by Crippen LogP contribution is 2.14. The summed E-state index contributed by atoms with van der Waals surface area (Å²) in [5, 5.41) is 9.49. The van der Waals surface area contributed by atoms with Gasteiger partial charge >= 0.3 is 0 Å². The first-order valence-corrected chi connectivity index (χ1v) is 10.4. The molecule has 10 nitrogen and oxygen atoms in total. The average Bonchev–Trinajstić information content (AvgIpc) is 3.31. The summed E-state index contributed by atoms with van der Waals surface area (Å²) < 4.78 is 18.4. The van der Waals surface area contributed by atoms with Crippen LogP contribution < -0.4 is 16.1 Å². The average molecular weight is 460 g/mol. The smallest absolute Gasteiger partial charge is 0.291 e. The Bertz CT molecular complexity index is 815.